The van der Waals surface area contributed by atoms with Gasteiger partial charge in [0, 0.05) is 38.8 Å². The molecule has 3 aliphatic rings. The van der Waals surface area contributed by atoms with Crippen molar-refractivity contribution >= 4 is 11.7 Å². The van der Waals surface area contributed by atoms with Gasteiger partial charge < -0.3 is 9.80 Å². The number of carbonyl (C=O) groups is 1. The van der Waals surface area contributed by atoms with Crippen molar-refractivity contribution in [3.05, 3.63) is 17.8 Å². The zero-order chi connectivity index (χ0) is 17.9. The quantitative estimate of drug-likeness (QED) is 0.829. The van der Waals surface area contributed by atoms with Crippen LogP contribution in [-0.4, -0.2) is 71.2 Å². The molecule has 0 saturated carbocycles. The number of nitrogens with zero attached hydrogens (tertiary/aromatic N) is 5. The van der Waals surface area contributed by atoms with Crippen molar-refractivity contribution < 1.29 is 4.79 Å². The minimum absolute atomic E-state index is 0.225. The fraction of sp³-hybridized carbons (Fsp3) is 0.750. The van der Waals surface area contributed by atoms with E-state index < -0.39 is 0 Å². The molecule has 0 radical (unpaired) electrons. The average molecular weight is 358 g/mol. The minimum atomic E-state index is 0.225. The predicted octanol–water partition coefficient (Wildman–Crippen LogP) is 2.09. The highest BCUT2D eigenvalue weighted by atomic mass is 16.2. The second kappa shape index (κ2) is 7.91. The normalized spacial score (nSPS) is 25.7. The predicted molar refractivity (Wildman–Crippen MR) is 102 cm³/mol. The van der Waals surface area contributed by atoms with Gasteiger partial charge in [0.1, 0.15) is 0 Å². The van der Waals surface area contributed by atoms with Gasteiger partial charge in [-0.1, -0.05) is 0 Å². The first kappa shape index (κ1) is 17.7. The molecule has 3 saturated heterocycles. The first-order chi connectivity index (χ1) is 12.7. The van der Waals surface area contributed by atoms with Crippen molar-refractivity contribution in [2.24, 2.45) is 5.92 Å². The molecule has 4 rings (SSSR count). The highest BCUT2D eigenvalue weighted by molar-refractivity contribution is 5.79. The number of likely N-dealkylation sites (tertiary alicyclic amines) is 2. The summed E-state index contributed by atoms with van der Waals surface area (Å²) in [7, 11) is 0. The van der Waals surface area contributed by atoms with Gasteiger partial charge in [0.15, 0.2) is 5.82 Å². The third-order valence-corrected chi connectivity index (χ3v) is 6.31. The second-order valence-electron chi connectivity index (χ2n) is 8.12. The maximum atomic E-state index is 12.8. The lowest BCUT2D eigenvalue weighted by atomic mass is 9.93. The van der Waals surface area contributed by atoms with E-state index in [1.54, 1.807) is 0 Å². The molecule has 1 amide bonds. The van der Waals surface area contributed by atoms with Gasteiger partial charge in [-0.3, -0.25) is 9.69 Å². The molecule has 4 heterocycles. The van der Waals surface area contributed by atoms with Crippen LogP contribution < -0.4 is 4.90 Å². The third kappa shape index (κ3) is 3.85. The fourth-order valence-corrected chi connectivity index (χ4v) is 4.76. The summed E-state index contributed by atoms with van der Waals surface area (Å²) in [6.45, 7) is 8.10. The molecule has 1 atom stereocenters. The van der Waals surface area contributed by atoms with Gasteiger partial charge in [-0.25, -0.2) is 0 Å². The molecule has 0 aliphatic carbocycles. The Bertz CT molecular complexity index is 605. The van der Waals surface area contributed by atoms with Crippen LogP contribution in [0.25, 0.3) is 0 Å². The molecule has 6 heteroatoms. The van der Waals surface area contributed by atoms with E-state index in [4.69, 9.17) is 0 Å². The maximum Gasteiger partial charge on any atom is 0.226 e. The van der Waals surface area contributed by atoms with Crippen LogP contribution >= 0.6 is 0 Å². The summed E-state index contributed by atoms with van der Waals surface area (Å²) in [6, 6.07) is 4.72. The highest BCUT2D eigenvalue weighted by Crippen LogP contribution is 2.27. The van der Waals surface area contributed by atoms with E-state index in [2.05, 4.69) is 31.0 Å². The van der Waals surface area contributed by atoms with Gasteiger partial charge in [0.05, 0.1) is 11.6 Å². The third-order valence-electron chi connectivity index (χ3n) is 6.31. The van der Waals surface area contributed by atoms with E-state index in [0.29, 0.717) is 11.9 Å². The van der Waals surface area contributed by atoms with Gasteiger partial charge in [-0.15, -0.1) is 5.10 Å². The molecule has 1 aromatic rings. The van der Waals surface area contributed by atoms with E-state index >= 15 is 0 Å². The van der Waals surface area contributed by atoms with E-state index in [1.807, 2.05) is 13.0 Å². The summed E-state index contributed by atoms with van der Waals surface area (Å²) >= 11 is 0. The Labute approximate surface area is 156 Å². The molecular formula is C20H31N5O. The van der Waals surface area contributed by atoms with E-state index in [9.17, 15) is 4.79 Å². The minimum Gasteiger partial charge on any atom is -0.355 e. The Balaban J connectivity index is 1.31. The summed E-state index contributed by atoms with van der Waals surface area (Å²) in [5.74, 6) is 1.64. The largest absolute Gasteiger partial charge is 0.355 e. The Hall–Kier alpha value is -1.69. The smallest absolute Gasteiger partial charge is 0.226 e. The van der Waals surface area contributed by atoms with Gasteiger partial charge in [0.25, 0.3) is 0 Å². The van der Waals surface area contributed by atoms with Crippen molar-refractivity contribution in [1.82, 2.24) is 20.0 Å². The molecule has 142 valence electrons. The van der Waals surface area contributed by atoms with E-state index in [0.717, 1.165) is 76.5 Å². The van der Waals surface area contributed by atoms with E-state index in [1.165, 1.54) is 12.8 Å². The van der Waals surface area contributed by atoms with Crippen molar-refractivity contribution in [3.8, 4) is 0 Å². The maximum absolute atomic E-state index is 12.8. The summed E-state index contributed by atoms with van der Waals surface area (Å²) in [5.41, 5.74) is 0.964. The number of aromatic nitrogens is 2. The first-order valence-corrected chi connectivity index (χ1v) is 10.3. The lowest BCUT2D eigenvalue weighted by Crippen LogP contribution is -2.51. The van der Waals surface area contributed by atoms with Crippen LogP contribution in [0, 0.1) is 12.8 Å². The van der Waals surface area contributed by atoms with Crippen molar-refractivity contribution in [2.45, 2.75) is 51.5 Å². The number of hydrogen-bond acceptors (Lipinski definition) is 5. The van der Waals surface area contributed by atoms with Crippen LogP contribution in [0.1, 0.15) is 44.2 Å². The Morgan fingerprint density at radius 3 is 2.42 bits per heavy atom. The number of carbonyl (C=O) groups excluding carboxylic acids is 1. The molecule has 1 aromatic heterocycles. The van der Waals surface area contributed by atoms with Gasteiger partial charge in [0.2, 0.25) is 5.91 Å². The Morgan fingerprint density at radius 1 is 0.962 bits per heavy atom. The van der Waals surface area contributed by atoms with Gasteiger partial charge >= 0.3 is 0 Å². The van der Waals surface area contributed by atoms with Gasteiger partial charge in [-0.05, 0) is 64.1 Å². The lowest BCUT2D eigenvalue weighted by molar-refractivity contribution is -0.136. The van der Waals surface area contributed by atoms with Crippen LogP contribution in [-0.2, 0) is 4.79 Å². The number of rotatable bonds is 3. The molecular weight excluding hydrogens is 326 g/mol. The van der Waals surface area contributed by atoms with Crippen molar-refractivity contribution in [2.75, 3.05) is 44.2 Å². The fourth-order valence-electron chi connectivity index (χ4n) is 4.76. The van der Waals surface area contributed by atoms with Crippen LogP contribution in [0.2, 0.25) is 0 Å². The molecule has 26 heavy (non-hydrogen) atoms. The number of amides is 1. The number of hydrogen-bond donors (Lipinski definition) is 0. The van der Waals surface area contributed by atoms with Crippen LogP contribution in [0.5, 0.6) is 0 Å². The van der Waals surface area contributed by atoms with Crippen molar-refractivity contribution in [3.63, 3.8) is 0 Å². The monoisotopic (exact) mass is 357 g/mol. The number of aryl methyl sites for hydroxylation is 1. The van der Waals surface area contributed by atoms with Crippen LogP contribution in [0.3, 0.4) is 0 Å². The zero-order valence-electron chi connectivity index (χ0n) is 15.9. The standard InChI is InChI=1S/C20H31N5O/c1-16-6-7-19(22-21-16)23-13-8-18(9-14-23)25-12-4-5-17(15-25)20(26)24-10-2-3-11-24/h6-7,17-18H,2-5,8-15H2,1H3/t17-/m0/s1. The first-order valence-electron chi connectivity index (χ1n) is 10.3. The molecule has 3 aliphatic heterocycles. The van der Waals surface area contributed by atoms with Crippen LogP contribution in [0.15, 0.2) is 12.1 Å². The second-order valence-corrected chi connectivity index (χ2v) is 8.12. The lowest BCUT2D eigenvalue weighted by Gasteiger charge is -2.42. The topological polar surface area (TPSA) is 52.6 Å². The molecule has 3 fully saturated rings. The summed E-state index contributed by atoms with van der Waals surface area (Å²) in [6.07, 6.45) is 6.91. The molecule has 0 N–H and O–H groups in total. The summed E-state index contributed by atoms with van der Waals surface area (Å²) < 4.78 is 0. The number of piperidine rings is 2. The Kier molecular flexibility index (Phi) is 5.38. The van der Waals surface area contributed by atoms with E-state index in [-0.39, 0.29) is 5.92 Å². The molecule has 0 spiro atoms. The molecule has 0 unspecified atom stereocenters. The zero-order valence-corrected chi connectivity index (χ0v) is 15.9. The summed E-state index contributed by atoms with van der Waals surface area (Å²) in [4.78, 5) is 19.8. The SMILES string of the molecule is Cc1ccc(N2CCC(N3CCC[C@H](C(=O)N4CCCC4)C3)CC2)nn1. The number of anilines is 1. The average Bonchev–Trinajstić information content (AvgIpc) is 3.23. The van der Waals surface area contributed by atoms with Gasteiger partial charge in [-0.2, -0.15) is 5.10 Å². The van der Waals surface area contributed by atoms with Crippen LogP contribution in [0.4, 0.5) is 5.82 Å². The molecule has 0 bridgehead atoms. The highest BCUT2D eigenvalue weighted by Gasteiger charge is 2.34. The van der Waals surface area contributed by atoms with Crippen molar-refractivity contribution in [1.29, 1.82) is 0 Å². The Morgan fingerprint density at radius 2 is 1.73 bits per heavy atom. The molecule has 0 aromatic carbocycles. The molecule has 6 nitrogen and oxygen atoms in total. The summed E-state index contributed by atoms with van der Waals surface area (Å²) in [5, 5.41) is 8.52.